The molecule has 0 fully saturated rings. The number of thioether (sulfide) groups is 1. The Balaban J connectivity index is 2.57. The molecule has 14 heavy (non-hydrogen) atoms. The van der Waals surface area contributed by atoms with Crippen molar-refractivity contribution in [3.05, 3.63) is 42.0 Å². The van der Waals surface area contributed by atoms with Crippen molar-refractivity contribution in [2.75, 3.05) is 5.75 Å². The fraction of sp³-hybridized carbons (Fsp3) is 0.250. The van der Waals surface area contributed by atoms with E-state index in [0.29, 0.717) is 0 Å². The van der Waals surface area contributed by atoms with Gasteiger partial charge in [-0.3, -0.25) is 4.79 Å². The molecule has 0 bridgehead atoms. The minimum Gasteiger partial charge on any atom is -0.298 e. The van der Waals surface area contributed by atoms with Crippen LogP contribution in [-0.4, -0.2) is 12.0 Å². The van der Waals surface area contributed by atoms with Gasteiger partial charge in [0.15, 0.2) is 6.29 Å². The van der Waals surface area contributed by atoms with Gasteiger partial charge in [-0.05, 0) is 19.4 Å². The van der Waals surface area contributed by atoms with E-state index >= 15 is 0 Å². The van der Waals surface area contributed by atoms with E-state index in [2.05, 4.69) is 6.58 Å². The molecule has 1 nitrogen and oxygen atoms in total. The fourth-order valence-electron chi connectivity index (χ4n) is 1.04. The van der Waals surface area contributed by atoms with E-state index in [1.54, 1.807) is 11.8 Å². The van der Waals surface area contributed by atoms with Crippen molar-refractivity contribution in [1.82, 2.24) is 0 Å². The highest BCUT2D eigenvalue weighted by molar-refractivity contribution is 7.99. The quantitative estimate of drug-likeness (QED) is 0.416. The van der Waals surface area contributed by atoms with E-state index in [1.807, 2.05) is 31.2 Å². The summed E-state index contributed by atoms with van der Waals surface area (Å²) in [6.45, 7) is 5.87. The molecule has 1 rings (SSSR count). The molecule has 0 unspecified atom stereocenters. The number of carbonyl (C=O) groups excluding carboxylic acids is 1. The standard InChI is InChI=1S/C12H14OS/c1-10(2)7-8-14-12-6-4-3-5-11(12)9-13/h3-6,9H,1,7-8H2,2H3. The van der Waals surface area contributed by atoms with Crippen LogP contribution in [0.2, 0.25) is 0 Å². The summed E-state index contributed by atoms with van der Waals surface area (Å²) in [4.78, 5) is 11.8. The Kier molecular flexibility index (Phi) is 4.47. The zero-order valence-electron chi connectivity index (χ0n) is 8.32. The Hall–Kier alpha value is -1.02. The number of rotatable bonds is 5. The first-order valence-corrected chi connectivity index (χ1v) is 5.54. The molecule has 0 N–H and O–H groups in total. The maximum absolute atomic E-state index is 10.7. The van der Waals surface area contributed by atoms with Crippen LogP contribution in [-0.2, 0) is 0 Å². The van der Waals surface area contributed by atoms with Gasteiger partial charge in [0.1, 0.15) is 0 Å². The predicted octanol–water partition coefficient (Wildman–Crippen LogP) is 3.56. The SMILES string of the molecule is C=C(C)CCSc1ccccc1C=O. The molecular weight excluding hydrogens is 192 g/mol. The Bertz CT molecular complexity index is 331. The molecule has 0 aliphatic heterocycles. The van der Waals surface area contributed by atoms with Crippen LogP contribution in [0.3, 0.4) is 0 Å². The maximum Gasteiger partial charge on any atom is 0.151 e. The first-order chi connectivity index (χ1) is 6.74. The van der Waals surface area contributed by atoms with Crippen LogP contribution in [0.25, 0.3) is 0 Å². The van der Waals surface area contributed by atoms with Crippen LogP contribution >= 0.6 is 11.8 Å². The maximum atomic E-state index is 10.7. The molecule has 0 saturated heterocycles. The van der Waals surface area contributed by atoms with Gasteiger partial charge < -0.3 is 0 Å². The molecule has 74 valence electrons. The van der Waals surface area contributed by atoms with E-state index in [9.17, 15) is 4.79 Å². The number of hydrogen-bond acceptors (Lipinski definition) is 2. The highest BCUT2D eigenvalue weighted by Crippen LogP contribution is 2.22. The van der Waals surface area contributed by atoms with Gasteiger partial charge in [-0.2, -0.15) is 0 Å². The second-order valence-electron chi connectivity index (χ2n) is 3.21. The summed E-state index contributed by atoms with van der Waals surface area (Å²) in [5.74, 6) is 0.986. The zero-order valence-corrected chi connectivity index (χ0v) is 9.14. The third-order valence-electron chi connectivity index (χ3n) is 1.83. The van der Waals surface area contributed by atoms with E-state index in [4.69, 9.17) is 0 Å². The van der Waals surface area contributed by atoms with E-state index < -0.39 is 0 Å². The molecule has 0 saturated carbocycles. The van der Waals surface area contributed by atoms with Crippen LogP contribution in [0.5, 0.6) is 0 Å². The Labute approximate surface area is 89.2 Å². The number of hydrogen-bond donors (Lipinski definition) is 0. The molecule has 0 radical (unpaired) electrons. The summed E-state index contributed by atoms with van der Waals surface area (Å²) in [5, 5.41) is 0. The molecule has 0 aliphatic carbocycles. The van der Waals surface area contributed by atoms with Crippen LogP contribution < -0.4 is 0 Å². The normalized spacial score (nSPS) is 9.79. The van der Waals surface area contributed by atoms with Crippen molar-refractivity contribution >= 4 is 18.0 Å². The molecule has 0 amide bonds. The molecule has 0 aliphatic rings. The minimum atomic E-state index is 0.777. The topological polar surface area (TPSA) is 17.1 Å². The van der Waals surface area contributed by atoms with Gasteiger partial charge in [-0.15, -0.1) is 18.3 Å². The highest BCUT2D eigenvalue weighted by atomic mass is 32.2. The molecule has 0 spiro atoms. The van der Waals surface area contributed by atoms with Crippen molar-refractivity contribution in [3.8, 4) is 0 Å². The third-order valence-corrected chi connectivity index (χ3v) is 2.92. The summed E-state index contributed by atoms with van der Waals surface area (Å²) >= 11 is 1.71. The second-order valence-corrected chi connectivity index (χ2v) is 4.35. The molecule has 1 aromatic carbocycles. The van der Waals surface area contributed by atoms with Crippen LogP contribution in [0, 0.1) is 0 Å². The number of allylic oxidation sites excluding steroid dienone is 1. The summed E-state index contributed by atoms with van der Waals surface area (Å²) in [7, 11) is 0. The fourth-order valence-corrected chi connectivity index (χ4v) is 2.17. The van der Waals surface area contributed by atoms with E-state index in [-0.39, 0.29) is 0 Å². The highest BCUT2D eigenvalue weighted by Gasteiger charge is 2.00. The Morgan fingerprint density at radius 3 is 2.86 bits per heavy atom. The largest absolute Gasteiger partial charge is 0.298 e. The first-order valence-electron chi connectivity index (χ1n) is 4.55. The van der Waals surface area contributed by atoms with Crippen LogP contribution in [0.15, 0.2) is 41.3 Å². The average molecular weight is 206 g/mol. The number of benzene rings is 1. The van der Waals surface area contributed by atoms with Crippen LogP contribution in [0.4, 0.5) is 0 Å². The lowest BCUT2D eigenvalue weighted by molar-refractivity contribution is 0.112. The van der Waals surface area contributed by atoms with Gasteiger partial charge in [-0.25, -0.2) is 0 Å². The monoisotopic (exact) mass is 206 g/mol. The lowest BCUT2D eigenvalue weighted by atomic mass is 10.2. The molecule has 0 heterocycles. The minimum absolute atomic E-state index is 0.777. The van der Waals surface area contributed by atoms with Gasteiger partial charge in [0.05, 0.1) is 0 Å². The number of aldehydes is 1. The van der Waals surface area contributed by atoms with Gasteiger partial charge >= 0.3 is 0 Å². The van der Waals surface area contributed by atoms with Gasteiger partial charge in [0, 0.05) is 16.2 Å². The van der Waals surface area contributed by atoms with Gasteiger partial charge in [-0.1, -0.05) is 23.8 Å². The average Bonchev–Trinajstić information content (AvgIpc) is 2.18. The van der Waals surface area contributed by atoms with Crippen molar-refractivity contribution in [2.45, 2.75) is 18.2 Å². The molecule has 1 aromatic rings. The Morgan fingerprint density at radius 2 is 2.21 bits per heavy atom. The second kappa shape index (κ2) is 5.66. The summed E-state index contributed by atoms with van der Waals surface area (Å²) in [5.41, 5.74) is 1.96. The first kappa shape index (κ1) is 11.1. The van der Waals surface area contributed by atoms with Crippen molar-refractivity contribution in [1.29, 1.82) is 0 Å². The summed E-state index contributed by atoms with van der Waals surface area (Å²) in [6.07, 6.45) is 1.90. The van der Waals surface area contributed by atoms with Crippen molar-refractivity contribution < 1.29 is 4.79 Å². The Morgan fingerprint density at radius 1 is 1.50 bits per heavy atom. The van der Waals surface area contributed by atoms with Gasteiger partial charge in [0.25, 0.3) is 0 Å². The molecule has 0 atom stereocenters. The van der Waals surface area contributed by atoms with Gasteiger partial charge in [0.2, 0.25) is 0 Å². The lowest BCUT2D eigenvalue weighted by Gasteiger charge is -2.03. The van der Waals surface area contributed by atoms with Crippen molar-refractivity contribution in [2.24, 2.45) is 0 Å². The third kappa shape index (κ3) is 3.38. The summed E-state index contributed by atoms with van der Waals surface area (Å²) in [6, 6.07) is 7.66. The predicted molar refractivity (Wildman–Crippen MR) is 62.0 cm³/mol. The number of carbonyl (C=O) groups is 1. The lowest BCUT2D eigenvalue weighted by Crippen LogP contribution is -1.86. The van der Waals surface area contributed by atoms with E-state index in [1.165, 1.54) is 5.57 Å². The smallest absolute Gasteiger partial charge is 0.151 e. The summed E-state index contributed by atoms with van der Waals surface area (Å²) < 4.78 is 0. The zero-order chi connectivity index (χ0) is 10.4. The molecular formula is C12H14OS. The van der Waals surface area contributed by atoms with Crippen LogP contribution in [0.1, 0.15) is 23.7 Å². The molecule has 2 heteroatoms. The molecule has 0 aromatic heterocycles. The van der Waals surface area contributed by atoms with E-state index in [0.717, 1.165) is 28.9 Å². The van der Waals surface area contributed by atoms with Crippen molar-refractivity contribution in [3.63, 3.8) is 0 Å².